The normalized spacial score (nSPS) is 14.8. The number of halogens is 1. The van der Waals surface area contributed by atoms with Crippen molar-refractivity contribution < 1.29 is 14.0 Å². The first kappa shape index (κ1) is 17.1. The van der Waals surface area contributed by atoms with Gasteiger partial charge in [-0.3, -0.25) is 9.59 Å². The van der Waals surface area contributed by atoms with Gasteiger partial charge in [-0.2, -0.15) is 0 Å². The number of hydrogen-bond acceptors (Lipinski definition) is 2. The van der Waals surface area contributed by atoms with E-state index in [1.807, 2.05) is 0 Å². The largest absolute Gasteiger partial charge is 0.325 e. The van der Waals surface area contributed by atoms with Gasteiger partial charge in [-0.25, -0.2) is 4.39 Å². The molecular weight excluding hydrogens is 319 g/mol. The van der Waals surface area contributed by atoms with Gasteiger partial charge in [-0.1, -0.05) is 43.5 Å². The number of nitrogens with one attached hydrogen (secondary N) is 2. The lowest BCUT2D eigenvalue weighted by Gasteiger charge is -2.21. The maximum Gasteiger partial charge on any atom is 0.257 e. The molecule has 0 bridgehead atoms. The highest BCUT2D eigenvalue weighted by Gasteiger charge is 2.22. The zero-order valence-corrected chi connectivity index (χ0v) is 13.9. The van der Waals surface area contributed by atoms with E-state index in [1.165, 1.54) is 18.6 Å². The number of anilines is 2. The molecule has 0 saturated heterocycles. The van der Waals surface area contributed by atoms with Crippen LogP contribution in [0.4, 0.5) is 15.8 Å². The Hall–Kier alpha value is -2.69. The minimum atomic E-state index is -0.500. The Morgan fingerprint density at radius 2 is 1.48 bits per heavy atom. The first-order valence-electron chi connectivity index (χ1n) is 8.61. The van der Waals surface area contributed by atoms with Crippen LogP contribution in [0.15, 0.2) is 48.5 Å². The molecule has 1 aliphatic rings. The first-order chi connectivity index (χ1) is 12.1. The fourth-order valence-corrected chi connectivity index (χ4v) is 3.14. The van der Waals surface area contributed by atoms with E-state index in [0.717, 1.165) is 25.7 Å². The second kappa shape index (κ2) is 7.92. The molecule has 0 spiro atoms. The molecule has 0 heterocycles. The lowest BCUT2D eigenvalue weighted by molar-refractivity contribution is -0.120. The summed E-state index contributed by atoms with van der Waals surface area (Å²) in [5.41, 5.74) is 0.878. The van der Waals surface area contributed by atoms with Crippen LogP contribution in [0.5, 0.6) is 0 Å². The van der Waals surface area contributed by atoms with Gasteiger partial charge in [0.2, 0.25) is 5.91 Å². The summed E-state index contributed by atoms with van der Waals surface area (Å²) in [6, 6.07) is 12.8. The van der Waals surface area contributed by atoms with Crippen molar-refractivity contribution in [3.05, 3.63) is 59.9 Å². The molecule has 1 saturated carbocycles. The zero-order chi connectivity index (χ0) is 17.6. The number of para-hydroxylation sites is 2. The molecule has 0 radical (unpaired) electrons. The lowest BCUT2D eigenvalue weighted by atomic mass is 9.88. The van der Waals surface area contributed by atoms with Gasteiger partial charge in [-0.15, -0.1) is 0 Å². The van der Waals surface area contributed by atoms with Gasteiger partial charge in [0.1, 0.15) is 5.82 Å². The summed E-state index contributed by atoms with van der Waals surface area (Å²) in [6.07, 6.45) is 5.07. The monoisotopic (exact) mass is 340 g/mol. The highest BCUT2D eigenvalue weighted by molar-refractivity contribution is 6.10. The van der Waals surface area contributed by atoms with Gasteiger partial charge >= 0.3 is 0 Å². The minimum absolute atomic E-state index is 0.00330. The van der Waals surface area contributed by atoms with Crippen molar-refractivity contribution in [1.82, 2.24) is 0 Å². The van der Waals surface area contributed by atoms with Crippen LogP contribution < -0.4 is 10.6 Å². The van der Waals surface area contributed by atoms with Crippen LogP contribution >= 0.6 is 0 Å². The highest BCUT2D eigenvalue weighted by atomic mass is 19.1. The third-order valence-electron chi connectivity index (χ3n) is 4.53. The molecule has 5 heteroatoms. The number of carbonyl (C=O) groups excluding carboxylic acids is 2. The fourth-order valence-electron chi connectivity index (χ4n) is 3.14. The van der Waals surface area contributed by atoms with Crippen LogP contribution in [0.1, 0.15) is 42.5 Å². The average molecular weight is 340 g/mol. The Labute approximate surface area is 146 Å². The number of amides is 2. The standard InChI is InChI=1S/C20H21FN2O2/c21-16-11-5-7-13-18(16)23-20(25)15-10-4-6-12-17(15)22-19(24)14-8-2-1-3-9-14/h4-7,10-14H,1-3,8-9H2,(H,22,24)(H,23,25). The molecule has 1 fully saturated rings. The van der Waals surface area contributed by atoms with Crippen molar-refractivity contribution in [3.63, 3.8) is 0 Å². The Morgan fingerprint density at radius 3 is 2.20 bits per heavy atom. The van der Waals surface area contributed by atoms with E-state index in [2.05, 4.69) is 10.6 Å². The van der Waals surface area contributed by atoms with E-state index in [1.54, 1.807) is 36.4 Å². The number of rotatable bonds is 4. The molecule has 130 valence electrons. The van der Waals surface area contributed by atoms with E-state index in [0.29, 0.717) is 11.3 Å². The van der Waals surface area contributed by atoms with Crippen molar-refractivity contribution in [2.24, 2.45) is 5.92 Å². The average Bonchev–Trinajstić information content (AvgIpc) is 2.64. The molecule has 0 aromatic heterocycles. The minimum Gasteiger partial charge on any atom is -0.325 e. The summed E-state index contributed by atoms with van der Waals surface area (Å²) < 4.78 is 13.7. The fraction of sp³-hybridized carbons (Fsp3) is 0.300. The van der Waals surface area contributed by atoms with Crippen molar-refractivity contribution in [2.45, 2.75) is 32.1 Å². The molecule has 1 aliphatic carbocycles. The topological polar surface area (TPSA) is 58.2 Å². The number of hydrogen-bond donors (Lipinski definition) is 2. The van der Waals surface area contributed by atoms with Gasteiger partial charge in [0.05, 0.1) is 16.9 Å². The lowest BCUT2D eigenvalue weighted by Crippen LogP contribution is -2.26. The van der Waals surface area contributed by atoms with Crippen LogP contribution in [0.2, 0.25) is 0 Å². The van der Waals surface area contributed by atoms with E-state index >= 15 is 0 Å². The highest BCUT2D eigenvalue weighted by Crippen LogP contribution is 2.26. The zero-order valence-electron chi connectivity index (χ0n) is 13.9. The molecule has 2 aromatic carbocycles. The van der Waals surface area contributed by atoms with Gasteiger partial charge in [0, 0.05) is 5.92 Å². The number of carbonyl (C=O) groups is 2. The third kappa shape index (κ3) is 4.24. The maximum atomic E-state index is 13.7. The van der Waals surface area contributed by atoms with Crippen molar-refractivity contribution in [3.8, 4) is 0 Å². The summed E-state index contributed by atoms with van der Waals surface area (Å²) in [5.74, 6) is -1.01. The predicted molar refractivity (Wildman–Crippen MR) is 96.0 cm³/mol. The Balaban J connectivity index is 1.75. The van der Waals surface area contributed by atoms with Crippen LogP contribution in [0.25, 0.3) is 0 Å². The molecule has 0 aliphatic heterocycles. The van der Waals surface area contributed by atoms with Crippen LogP contribution in [-0.2, 0) is 4.79 Å². The summed E-state index contributed by atoms with van der Waals surface area (Å²) >= 11 is 0. The quantitative estimate of drug-likeness (QED) is 0.855. The van der Waals surface area contributed by atoms with Crippen molar-refractivity contribution in [2.75, 3.05) is 10.6 Å². The van der Waals surface area contributed by atoms with E-state index < -0.39 is 11.7 Å². The molecule has 25 heavy (non-hydrogen) atoms. The van der Waals surface area contributed by atoms with E-state index in [-0.39, 0.29) is 17.5 Å². The smallest absolute Gasteiger partial charge is 0.257 e. The van der Waals surface area contributed by atoms with Crippen LogP contribution in [0, 0.1) is 11.7 Å². The SMILES string of the molecule is O=C(Nc1ccccc1F)c1ccccc1NC(=O)C1CCCCC1. The summed E-state index contributed by atoms with van der Waals surface area (Å²) in [4.78, 5) is 25.0. The van der Waals surface area contributed by atoms with Crippen molar-refractivity contribution >= 4 is 23.2 Å². The molecule has 2 amide bonds. The predicted octanol–water partition coefficient (Wildman–Crippen LogP) is 4.60. The number of benzene rings is 2. The Kier molecular flexibility index (Phi) is 5.43. The summed E-state index contributed by atoms with van der Waals surface area (Å²) in [5, 5.41) is 5.42. The molecule has 2 N–H and O–H groups in total. The third-order valence-corrected chi connectivity index (χ3v) is 4.53. The van der Waals surface area contributed by atoms with Crippen molar-refractivity contribution in [1.29, 1.82) is 0 Å². The molecule has 0 unspecified atom stereocenters. The van der Waals surface area contributed by atoms with Gasteiger partial charge in [-0.05, 0) is 37.1 Å². The molecular formula is C20H21FN2O2. The molecule has 3 rings (SSSR count). The summed E-state index contributed by atoms with van der Waals surface area (Å²) in [6.45, 7) is 0. The molecule has 0 atom stereocenters. The van der Waals surface area contributed by atoms with Gasteiger partial charge in [0.15, 0.2) is 0 Å². The first-order valence-corrected chi connectivity index (χ1v) is 8.61. The summed E-state index contributed by atoms with van der Waals surface area (Å²) in [7, 11) is 0. The van der Waals surface area contributed by atoms with Crippen LogP contribution in [0.3, 0.4) is 0 Å². The van der Waals surface area contributed by atoms with Crippen LogP contribution in [-0.4, -0.2) is 11.8 Å². The second-order valence-electron chi connectivity index (χ2n) is 6.30. The molecule has 2 aromatic rings. The Morgan fingerprint density at radius 1 is 0.840 bits per heavy atom. The maximum absolute atomic E-state index is 13.7. The van der Waals surface area contributed by atoms with E-state index in [4.69, 9.17) is 0 Å². The second-order valence-corrected chi connectivity index (χ2v) is 6.30. The molecule has 4 nitrogen and oxygen atoms in total. The van der Waals surface area contributed by atoms with Gasteiger partial charge < -0.3 is 10.6 Å². The Bertz CT molecular complexity index is 770. The van der Waals surface area contributed by atoms with Gasteiger partial charge in [0.25, 0.3) is 5.91 Å². The van der Waals surface area contributed by atoms with E-state index in [9.17, 15) is 14.0 Å².